The molecule has 7 heteroatoms. The van der Waals surface area contributed by atoms with E-state index in [-0.39, 0.29) is 28.0 Å². The molecule has 1 aliphatic carbocycles. The van der Waals surface area contributed by atoms with E-state index in [4.69, 9.17) is 9.47 Å². The molecule has 6 nitrogen and oxygen atoms in total. The Morgan fingerprint density at radius 2 is 1.97 bits per heavy atom. The molecule has 1 N–H and O–H groups in total. The van der Waals surface area contributed by atoms with Gasteiger partial charge in [0.25, 0.3) is 5.91 Å². The molecule has 1 saturated heterocycles. The predicted octanol–water partition coefficient (Wildman–Crippen LogP) is 3.64. The van der Waals surface area contributed by atoms with Crippen molar-refractivity contribution in [2.75, 3.05) is 31.4 Å². The van der Waals surface area contributed by atoms with Gasteiger partial charge in [-0.2, -0.15) is 0 Å². The minimum Gasteiger partial charge on any atom is -0.496 e. The van der Waals surface area contributed by atoms with Gasteiger partial charge in [0.2, 0.25) is 0 Å². The maximum absolute atomic E-state index is 13.0. The van der Waals surface area contributed by atoms with E-state index in [1.807, 2.05) is 24.3 Å². The number of sulfone groups is 1. The van der Waals surface area contributed by atoms with E-state index >= 15 is 0 Å². The van der Waals surface area contributed by atoms with Crippen molar-refractivity contribution in [3.8, 4) is 5.75 Å². The highest BCUT2D eigenvalue weighted by Gasteiger charge is 2.28. The topological polar surface area (TPSA) is 81.7 Å². The lowest BCUT2D eigenvalue weighted by Gasteiger charge is -2.14. The number of benzene rings is 2. The first kappa shape index (κ1) is 19.9. The summed E-state index contributed by atoms with van der Waals surface area (Å²) < 4.78 is 36.3. The summed E-state index contributed by atoms with van der Waals surface area (Å²) in [6, 6.07) is 12.2. The Morgan fingerprint density at radius 3 is 2.66 bits per heavy atom. The van der Waals surface area contributed by atoms with Gasteiger partial charge in [0, 0.05) is 12.3 Å². The standard InChI is InChI=1S/C22H25NO5S/c1-27-21-9-8-17(29(25,26)14-15-10-11-28-13-15)12-19(21)22(24)23-20-5-3-2-4-18(20)16-6-7-16/h2-5,8-9,12,15-16H,6-7,10-11,13-14H2,1H3,(H,23,24)/t15-/m0/s1. The summed E-state index contributed by atoms with van der Waals surface area (Å²) in [7, 11) is -2.06. The van der Waals surface area contributed by atoms with Crippen LogP contribution >= 0.6 is 0 Å². The average Bonchev–Trinajstić information content (AvgIpc) is 3.44. The number of anilines is 1. The minimum absolute atomic E-state index is 0.00945. The zero-order valence-electron chi connectivity index (χ0n) is 16.4. The van der Waals surface area contributed by atoms with Crippen molar-refractivity contribution in [1.82, 2.24) is 0 Å². The third-order valence-corrected chi connectivity index (χ3v) is 7.36. The van der Waals surface area contributed by atoms with E-state index in [0.717, 1.165) is 30.5 Å². The van der Waals surface area contributed by atoms with Crippen LogP contribution in [0, 0.1) is 5.92 Å². The molecule has 1 atom stereocenters. The minimum atomic E-state index is -3.52. The smallest absolute Gasteiger partial charge is 0.259 e. The summed E-state index contributed by atoms with van der Waals surface area (Å²) in [6.07, 6.45) is 2.98. The molecular weight excluding hydrogens is 390 g/mol. The van der Waals surface area contributed by atoms with Crippen molar-refractivity contribution < 1.29 is 22.7 Å². The van der Waals surface area contributed by atoms with Crippen LogP contribution in [0.25, 0.3) is 0 Å². The molecule has 1 saturated carbocycles. The van der Waals surface area contributed by atoms with Gasteiger partial charge in [-0.15, -0.1) is 0 Å². The largest absolute Gasteiger partial charge is 0.496 e. The summed E-state index contributed by atoms with van der Waals surface area (Å²) in [5.41, 5.74) is 2.09. The van der Waals surface area contributed by atoms with Gasteiger partial charge in [-0.05, 0) is 60.9 Å². The van der Waals surface area contributed by atoms with E-state index in [9.17, 15) is 13.2 Å². The zero-order chi connectivity index (χ0) is 20.4. The number of rotatable bonds is 7. The molecule has 2 aliphatic rings. The molecule has 2 aromatic rings. The Bertz CT molecular complexity index is 1010. The zero-order valence-corrected chi connectivity index (χ0v) is 17.2. The number of hydrogen-bond acceptors (Lipinski definition) is 5. The Labute approximate surface area is 171 Å². The molecule has 0 aromatic heterocycles. The van der Waals surface area contributed by atoms with Crippen LogP contribution in [0.2, 0.25) is 0 Å². The van der Waals surface area contributed by atoms with Gasteiger partial charge in [-0.25, -0.2) is 8.42 Å². The van der Waals surface area contributed by atoms with Crippen LogP contribution in [-0.2, 0) is 14.6 Å². The monoisotopic (exact) mass is 415 g/mol. The summed E-state index contributed by atoms with van der Waals surface area (Å²) in [5, 5.41) is 2.94. The molecule has 29 heavy (non-hydrogen) atoms. The number of hydrogen-bond donors (Lipinski definition) is 1. The fraction of sp³-hybridized carbons (Fsp3) is 0.409. The summed E-state index contributed by atoms with van der Waals surface area (Å²) in [4.78, 5) is 13.1. The molecule has 1 aliphatic heterocycles. The average molecular weight is 416 g/mol. The third kappa shape index (κ3) is 4.46. The van der Waals surface area contributed by atoms with Crippen molar-refractivity contribution in [3.63, 3.8) is 0 Å². The molecule has 0 spiro atoms. The second kappa shape index (κ2) is 8.16. The predicted molar refractivity (Wildman–Crippen MR) is 110 cm³/mol. The first-order valence-corrected chi connectivity index (χ1v) is 11.5. The molecule has 0 unspecified atom stereocenters. The summed E-state index contributed by atoms with van der Waals surface area (Å²) in [6.45, 7) is 1.05. The van der Waals surface area contributed by atoms with Crippen LogP contribution in [0.4, 0.5) is 5.69 Å². The normalized spacial score (nSPS) is 19.1. The number of methoxy groups -OCH3 is 1. The van der Waals surface area contributed by atoms with Crippen LogP contribution < -0.4 is 10.1 Å². The van der Waals surface area contributed by atoms with Crippen molar-refractivity contribution >= 4 is 21.4 Å². The van der Waals surface area contributed by atoms with E-state index in [0.29, 0.717) is 24.9 Å². The highest BCUT2D eigenvalue weighted by molar-refractivity contribution is 7.91. The van der Waals surface area contributed by atoms with Crippen LogP contribution in [0.1, 0.15) is 41.1 Å². The van der Waals surface area contributed by atoms with Crippen molar-refractivity contribution in [1.29, 1.82) is 0 Å². The number of nitrogens with one attached hydrogen (secondary N) is 1. The van der Waals surface area contributed by atoms with E-state index in [2.05, 4.69) is 5.32 Å². The lowest BCUT2D eigenvalue weighted by atomic mass is 10.1. The molecule has 2 aromatic carbocycles. The molecule has 0 radical (unpaired) electrons. The Kier molecular flexibility index (Phi) is 5.61. The second-order valence-corrected chi connectivity index (χ2v) is 9.72. The van der Waals surface area contributed by atoms with Crippen LogP contribution in [-0.4, -0.2) is 40.4 Å². The van der Waals surface area contributed by atoms with Gasteiger partial charge < -0.3 is 14.8 Å². The van der Waals surface area contributed by atoms with E-state index in [1.165, 1.54) is 19.2 Å². The van der Waals surface area contributed by atoms with Gasteiger partial charge in [-0.1, -0.05) is 18.2 Å². The van der Waals surface area contributed by atoms with E-state index in [1.54, 1.807) is 6.07 Å². The molecule has 154 valence electrons. The van der Waals surface area contributed by atoms with Gasteiger partial charge in [0.1, 0.15) is 5.75 Å². The second-order valence-electron chi connectivity index (χ2n) is 7.69. The number of amides is 1. The number of carbonyl (C=O) groups is 1. The fourth-order valence-electron chi connectivity index (χ4n) is 3.73. The molecular formula is C22H25NO5S. The summed E-state index contributed by atoms with van der Waals surface area (Å²) in [5.74, 6) is 0.453. The van der Waals surface area contributed by atoms with Crippen molar-refractivity contribution in [2.24, 2.45) is 5.92 Å². The van der Waals surface area contributed by atoms with Crippen LogP contribution in [0.3, 0.4) is 0 Å². The fourth-order valence-corrected chi connectivity index (χ4v) is 5.38. The lowest BCUT2D eigenvalue weighted by Crippen LogP contribution is -2.18. The third-order valence-electron chi connectivity index (χ3n) is 5.48. The highest BCUT2D eigenvalue weighted by Crippen LogP contribution is 2.43. The summed E-state index contributed by atoms with van der Waals surface area (Å²) >= 11 is 0. The van der Waals surface area contributed by atoms with Gasteiger partial charge >= 0.3 is 0 Å². The lowest BCUT2D eigenvalue weighted by molar-refractivity contribution is 0.102. The number of ether oxygens (including phenoxy) is 2. The Morgan fingerprint density at radius 1 is 1.17 bits per heavy atom. The van der Waals surface area contributed by atoms with Gasteiger partial charge in [0.05, 0.1) is 29.9 Å². The van der Waals surface area contributed by atoms with Crippen LogP contribution in [0.5, 0.6) is 5.75 Å². The molecule has 4 rings (SSSR count). The SMILES string of the molecule is COc1ccc(S(=O)(=O)C[C@H]2CCOC2)cc1C(=O)Nc1ccccc1C1CC1. The molecule has 1 amide bonds. The highest BCUT2D eigenvalue weighted by atomic mass is 32.2. The maximum atomic E-state index is 13.0. The van der Waals surface area contributed by atoms with Gasteiger partial charge in [-0.3, -0.25) is 4.79 Å². The molecule has 1 heterocycles. The number of para-hydroxylation sites is 1. The van der Waals surface area contributed by atoms with Crippen LogP contribution in [0.15, 0.2) is 47.4 Å². The quantitative estimate of drug-likeness (QED) is 0.747. The van der Waals surface area contributed by atoms with Crippen molar-refractivity contribution in [3.05, 3.63) is 53.6 Å². The molecule has 2 fully saturated rings. The Hall–Kier alpha value is -2.38. The molecule has 0 bridgehead atoms. The first-order valence-electron chi connectivity index (χ1n) is 9.87. The first-order chi connectivity index (χ1) is 14.0. The van der Waals surface area contributed by atoms with E-state index < -0.39 is 9.84 Å². The van der Waals surface area contributed by atoms with Crippen molar-refractivity contribution in [2.45, 2.75) is 30.1 Å². The number of carbonyl (C=O) groups excluding carboxylic acids is 1. The van der Waals surface area contributed by atoms with Gasteiger partial charge in [0.15, 0.2) is 9.84 Å². The Balaban J connectivity index is 1.60. The maximum Gasteiger partial charge on any atom is 0.259 e.